The maximum Gasteiger partial charge on any atom is 0.210 e. The topological polar surface area (TPSA) is 59.5 Å². The fraction of sp³-hybridized carbons (Fsp3) is 0.318. The van der Waals surface area contributed by atoms with Crippen LogP contribution in [0.5, 0.6) is 5.75 Å². The SMILES string of the molecule is CCc1ccc2ncc(S(=O)(=O)c3ccc(OC)cc3)c(N(CC)CC)c2c1. The van der Waals surface area contributed by atoms with E-state index in [1.165, 1.54) is 6.20 Å². The highest BCUT2D eigenvalue weighted by molar-refractivity contribution is 7.91. The van der Waals surface area contributed by atoms with E-state index in [0.717, 1.165) is 28.6 Å². The van der Waals surface area contributed by atoms with Crippen LogP contribution in [0.25, 0.3) is 10.9 Å². The molecule has 28 heavy (non-hydrogen) atoms. The number of benzene rings is 2. The smallest absolute Gasteiger partial charge is 0.210 e. The molecule has 5 nitrogen and oxygen atoms in total. The van der Waals surface area contributed by atoms with Gasteiger partial charge in [-0.15, -0.1) is 0 Å². The number of aryl methyl sites for hydroxylation is 1. The zero-order chi connectivity index (χ0) is 20.3. The molecule has 148 valence electrons. The van der Waals surface area contributed by atoms with Crippen LogP contribution in [-0.4, -0.2) is 33.6 Å². The van der Waals surface area contributed by atoms with Crippen LogP contribution < -0.4 is 9.64 Å². The summed E-state index contributed by atoms with van der Waals surface area (Å²) in [5.74, 6) is 0.618. The van der Waals surface area contributed by atoms with Gasteiger partial charge in [-0.1, -0.05) is 13.0 Å². The molecule has 0 unspecified atom stereocenters. The van der Waals surface area contributed by atoms with E-state index < -0.39 is 9.84 Å². The molecule has 0 radical (unpaired) electrons. The molecule has 0 saturated carbocycles. The van der Waals surface area contributed by atoms with Crippen LogP contribution in [0.3, 0.4) is 0 Å². The van der Waals surface area contributed by atoms with Crippen molar-refractivity contribution in [3.63, 3.8) is 0 Å². The van der Waals surface area contributed by atoms with Crippen molar-refractivity contribution in [1.82, 2.24) is 4.98 Å². The van der Waals surface area contributed by atoms with E-state index >= 15 is 0 Å². The third-order valence-corrected chi connectivity index (χ3v) is 6.79. The van der Waals surface area contributed by atoms with Gasteiger partial charge in [0.15, 0.2) is 0 Å². The molecular formula is C22H26N2O3S. The van der Waals surface area contributed by atoms with Crippen LogP contribution in [0.4, 0.5) is 5.69 Å². The molecule has 1 aromatic heterocycles. The molecule has 2 aromatic carbocycles. The Labute approximate surface area is 166 Å². The molecule has 0 fully saturated rings. The first kappa shape index (κ1) is 20.1. The second kappa shape index (κ2) is 8.19. The Morgan fingerprint density at radius 2 is 1.68 bits per heavy atom. The van der Waals surface area contributed by atoms with Crippen molar-refractivity contribution >= 4 is 26.4 Å². The Balaban J connectivity index is 2.30. The van der Waals surface area contributed by atoms with Crippen LogP contribution in [0.2, 0.25) is 0 Å². The minimum absolute atomic E-state index is 0.231. The highest BCUT2D eigenvalue weighted by Gasteiger charge is 2.26. The van der Waals surface area contributed by atoms with Crippen LogP contribution in [0.15, 0.2) is 58.5 Å². The summed E-state index contributed by atoms with van der Waals surface area (Å²) < 4.78 is 32.1. The van der Waals surface area contributed by atoms with Crippen molar-refractivity contribution in [1.29, 1.82) is 0 Å². The Kier molecular flexibility index (Phi) is 5.89. The summed E-state index contributed by atoms with van der Waals surface area (Å²) in [7, 11) is -2.17. The van der Waals surface area contributed by atoms with Crippen molar-refractivity contribution in [3.8, 4) is 5.75 Å². The van der Waals surface area contributed by atoms with Gasteiger partial charge in [0.1, 0.15) is 10.6 Å². The zero-order valence-corrected chi connectivity index (χ0v) is 17.6. The molecule has 0 spiro atoms. The van der Waals surface area contributed by atoms with E-state index in [-0.39, 0.29) is 9.79 Å². The number of pyridine rings is 1. The largest absolute Gasteiger partial charge is 0.497 e. The van der Waals surface area contributed by atoms with Gasteiger partial charge < -0.3 is 9.64 Å². The fourth-order valence-corrected chi connectivity index (χ4v) is 4.81. The minimum atomic E-state index is -3.73. The summed E-state index contributed by atoms with van der Waals surface area (Å²) in [5, 5.41) is 0.873. The van der Waals surface area contributed by atoms with Crippen LogP contribution in [0, 0.1) is 0 Å². The molecule has 0 amide bonds. The Morgan fingerprint density at radius 1 is 1.00 bits per heavy atom. The number of sulfone groups is 1. The third-order valence-electron chi connectivity index (χ3n) is 5.02. The summed E-state index contributed by atoms with van der Waals surface area (Å²) >= 11 is 0. The standard InChI is InChI=1S/C22H26N2O3S/c1-5-16-8-13-20-19(14-16)22(24(6-2)7-3)21(15-23-20)28(25,26)18-11-9-17(27-4)10-12-18/h8-15H,5-7H2,1-4H3. The lowest BCUT2D eigenvalue weighted by Gasteiger charge is -2.25. The van der Waals surface area contributed by atoms with Crippen LogP contribution in [-0.2, 0) is 16.3 Å². The lowest BCUT2D eigenvalue weighted by molar-refractivity contribution is 0.414. The first-order chi connectivity index (χ1) is 13.5. The Hall–Kier alpha value is -2.60. The number of nitrogens with zero attached hydrogens (tertiary/aromatic N) is 2. The van der Waals surface area contributed by atoms with Gasteiger partial charge in [0, 0.05) is 24.7 Å². The fourth-order valence-electron chi connectivity index (χ4n) is 3.37. The average Bonchev–Trinajstić information content (AvgIpc) is 2.74. The summed E-state index contributed by atoms with van der Waals surface area (Å²) in [6, 6.07) is 12.5. The van der Waals surface area contributed by atoms with E-state index in [9.17, 15) is 8.42 Å². The van der Waals surface area contributed by atoms with E-state index in [0.29, 0.717) is 18.8 Å². The molecule has 0 bridgehead atoms. The Morgan fingerprint density at radius 3 is 2.25 bits per heavy atom. The molecule has 6 heteroatoms. The molecular weight excluding hydrogens is 372 g/mol. The maximum absolute atomic E-state index is 13.5. The van der Waals surface area contributed by atoms with Gasteiger partial charge >= 0.3 is 0 Å². The van der Waals surface area contributed by atoms with Crippen molar-refractivity contribution in [2.45, 2.75) is 37.0 Å². The number of methoxy groups -OCH3 is 1. The first-order valence-electron chi connectivity index (χ1n) is 9.51. The van der Waals surface area contributed by atoms with E-state index in [4.69, 9.17) is 4.74 Å². The van der Waals surface area contributed by atoms with Gasteiger partial charge in [-0.05, 0) is 62.2 Å². The van der Waals surface area contributed by atoms with Gasteiger partial charge in [0.05, 0.1) is 23.2 Å². The molecule has 0 aliphatic heterocycles. The van der Waals surface area contributed by atoms with Crippen LogP contribution >= 0.6 is 0 Å². The first-order valence-corrected chi connectivity index (χ1v) is 11.0. The van der Waals surface area contributed by atoms with E-state index in [2.05, 4.69) is 22.9 Å². The van der Waals surface area contributed by atoms with Crippen molar-refractivity contribution < 1.29 is 13.2 Å². The molecule has 0 atom stereocenters. The quantitative estimate of drug-likeness (QED) is 0.587. The van der Waals surface area contributed by atoms with Crippen molar-refractivity contribution in [3.05, 3.63) is 54.2 Å². The predicted octanol–water partition coefficient (Wildman–Crippen LogP) is 4.48. The molecule has 3 aromatic rings. The molecule has 3 rings (SSSR count). The van der Waals surface area contributed by atoms with E-state index in [1.54, 1.807) is 31.4 Å². The van der Waals surface area contributed by atoms with Gasteiger partial charge in [0.25, 0.3) is 0 Å². The highest BCUT2D eigenvalue weighted by atomic mass is 32.2. The summed E-state index contributed by atoms with van der Waals surface area (Å²) in [4.78, 5) is 7.02. The van der Waals surface area contributed by atoms with E-state index in [1.807, 2.05) is 26.0 Å². The normalized spacial score (nSPS) is 11.6. The van der Waals surface area contributed by atoms with Gasteiger partial charge in [-0.25, -0.2) is 8.42 Å². The number of fused-ring (bicyclic) bond motifs is 1. The van der Waals surface area contributed by atoms with Gasteiger partial charge in [0.2, 0.25) is 9.84 Å². The van der Waals surface area contributed by atoms with Crippen molar-refractivity contribution in [2.75, 3.05) is 25.1 Å². The average molecular weight is 399 g/mol. The molecule has 1 heterocycles. The lowest BCUT2D eigenvalue weighted by Crippen LogP contribution is -2.24. The second-order valence-electron chi connectivity index (χ2n) is 6.53. The van der Waals surface area contributed by atoms with Crippen molar-refractivity contribution in [2.24, 2.45) is 0 Å². The number of anilines is 1. The van der Waals surface area contributed by atoms with Gasteiger partial charge in [-0.2, -0.15) is 0 Å². The summed E-state index contributed by atoms with van der Waals surface area (Å²) in [5.41, 5.74) is 2.68. The summed E-state index contributed by atoms with van der Waals surface area (Å²) in [6.45, 7) is 7.56. The lowest BCUT2D eigenvalue weighted by atomic mass is 10.1. The molecule has 0 saturated heterocycles. The Bertz CT molecular complexity index is 1070. The third kappa shape index (κ3) is 3.56. The second-order valence-corrected chi connectivity index (χ2v) is 8.45. The minimum Gasteiger partial charge on any atom is -0.497 e. The molecule has 0 aliphatic carbocycles. The number of rotatable bonds is 7. The monoisotopic (exact) mass is 398 g/mol. The highest BCUT2D eigenvalue weighted by Crippen LogP contribution is 2.36. The molecule has 0 aliphatic rings. The predicted molar refractivity (Wildman–Crippen MR) is 113 cm³/mol. The van der Waals surface area contributed by atoms with Crippen LogP contribution in [0.1, 0.15) is 26.3 Å². The molecule has 0 N–H and O–H groups in total. The number of hydrogen-bond donors (Lipinski definition) is 0. The van der Waals surface area contributed by atoms with Gasteiger partial charge in [-0.3, -0.25) is 4.98 Å². The number of hydrogen-bond acceptors (Lipinski definition) is 5. The number of aromatic nitrogens is 1. The summed E-state index contributed by atoms with van der Waals surface area (Å²) in [6.07, 6.45) is 2.37. The number of ether oxygens (including phenoxy) is 1. The zero-order valence-electron chi connectivity index (χ0n) is 16.8. The maximum atomic E-state index is 13.5.